The van der Waals surface area contributed by atoms with Gasteiger partial charge in [0.25, 0.3) is 5.91 Å². The fraction of sp³-hybridized carbons (Fsp3) is 0.304. The van der Waals surface area contributed by atoms with Gasteiger partial charge in [-0.3, -0.25) is 14.5 Å². The normalized spacial score (nSPS) is 13.9. The first-order valence-electron chi connectivity index (χ1n) is 10.0. The minimum Gasteiger partial charge on any atom is -0.460 e. The second-order valence-electron chi connectivity index (χ2n) is 7.67. The van der Waals surface area contributed by atoms with Crippen LogP contribution in [0.1, 0.15) is 39.4 Å². The molecule has 6 nitrogen and oxygen atoms in total. The molecule has 0 spiro atoms. The zero-order valence-electron chi connectivity index (χ0n) is 16.9. The van der Waals surface area contributed by atoms with E-state index in [1.54, 1.807) is 12.3 Å². The summed E-state index contributed by atoms with van der Waals surface area (Å²) in [5.74, 6) is 1.53. The molecule has 156 valence electrons. The molecule has 0 saturated carbocycles. The molecule has 4 rings (SSSR count). The van der Waals surface area contributed by atoms with Crippen molar-refractivity contribution in [1.29, 1.82) is 0 Å². The Hall–Kier alpha value is -2.64. The molecule has 1 aliphatic heterocycles. The Balaban J connectivity index is 1.34. The molecular weight excluding hydrogens is 446 g/mol. The quantitative estimate of drug-likeness (QED) is 0.513. The van der Waals surface area contributed by atoms with E-state index in [4.69, 9.17) is 4.42 Å². The van der Waals surface area contributed by atoms with Crippen molar-refractivity contribution in [3.8, 4) is 11.3 Å². The Morgan fingerprint density at radius 3 is 2.60 bits per heavy atom. The van der Waals surface area contributed by atoms with Crippen molar-refractivity contribution in [1.82, 2.24) is 14.8 Å². The fourth-order valence-corrected chi connectivity index (χ4v) is 3.92. The van der Waals surface area contributed by atoms with E-state index in [1.807, 2.05) is 53.2 Å². The highest BCUT2D eigenvalue weighted by Gasteiger charge is 2.22. The summed E-state index contributed by atoms with van der Waals surface area (Å²) in [5, 5.41) is 0. The van der Waals surface area contributed by atoms with E-state index in [0.717, 1.165) is 47.5 Å². The number of benzene rings is 1. The van der Waals surface area contributed by atoms with Gasteiger partial charge in [-0.25, -0.2) is 0 Å². The number of halogens is 1. The number of likely N-dealkylation sites (N-methyl/N-ethyl adjacent to an activating group) is 1. The number of furan rings is 1. The third-order valence-corrected chi connectivity index (χ3v) is 5.79. The van der Waals surface area contributed by atoms with Crippen LogP contribution in [0.25, 0.3) is 11.3 Å². The van der Waals surface area contributed by atoms with Crippen LogP contribution in [0, 0.1) is 0 Å². The van der Waals surface area contributed by atoms with Crippen LogP contribution in [0.4, 0.5) is 0 Å². The standard InChI is InChI=1S/C23H24BrN3O3/c1-26(14-19-8-9-22(30-19)16-4-6-18(24)7-5-16)15-21(28)17-12-20(25-13-17)23(29)27-10-2-3-11-27/h4-9,12-13,25H,2-3,10-11,14-15H2,1H3. The molecule has 30 heavy (non-hydrogen) atoms. The summed E-state index contributed by atoms with van der Waals surface area (Å²) in [6, 6.07) is 13.5. The summed E-state index contributed by atoms with van der Waals surface area (Å²) in [7, 11) is 1.88. The van der Waals surface area contributed by atoms with Gasteiger partial charge in [0.1, 0.15) is 17.2 Å². The van der Waals surface area contributed by atoms with Gasteiger partial charge >= 0.3 is 0 Å². The van der Waals surface area contributed by atoms with Crippen molar-refractivity contribution in [2.75, 3.05) is 26.7 Å². The fourth-order valence-electron chi connectivity index (χ4n) is 3.66. The van der Waals surface area contributed by atoms with Crippen LogP contribution < -0.4 is 0 Å². The lowest BCUT2D eigenvalue weighted by Gasteiger charge is -2.14. The third-order valence-electron chi connectivity index (χ3n) is 5.26. The number of nitrogens with one attached hydrogen (secondary N) is 1. The zero-order valence-corrected chi connectivity index (χ0v) is 18.4. The molecule has 1 aliphatic rings. The number of hydrogen-bond acceptors (Lipinski definition) is 4. The Morgan fingerprint density at radius 1 is 1.13 bits per heavy atom. The van der Waals surface area contributed by atoms with Crippen LogP contribution in [0.3, 0.4) is 0 Å². The predicted octanol–water partition coefficient (Wildman–Crippen LogP) is 4.59. The Kier molecular flexibility index (Phi) is 6.20. The van der Waals surface area contributed by atoms with E-state index in [0.29, 0.717) is 17.8 Å². The number of carbonyl (C=O) groups excluding carboxylic acids is 2. The second kappa shape index (κ2) is 9.02. The van der Waals surface area contributed by atoms with Gasteiger partial charge in [0, 0.05) is 34.9 Å². The number of carbonyl (C=O) groups is 2. The first-order valence-corrected chi connectivity index (χ1v) is 10.8. The number of amides is 1. The van der Waals surface area contributed by atoms with Crippen molar-refractivity contribution in [2.45, 2.75) is 19.4 Å². The van der Waals surface area contributed by atoms with Gasteiger partial charge in [0.2, 0.25) is 0 Å². The van der Waals surface area contributed by atoms with E-state index in [-0.39, 0.29) is 18.2 Å². The maximum Gasteiger partial charge on any atom is 0.270 e. The maximum atomic E-state index is 12.6. The number of rotatable bonds is 7. The van der Waals surface area contributed by atoms with E-state index in [9.17, 15) is 9.59 Å². The summed E-state index contributed by atoms with van der Waals surface area (Å²) in [6.45, 7) is 2.33. The summed E-state index contributed by atoms with van der Waals surface area (Å²) in [4.78, 5) is 31.8. The molecular formula is C23H24BrN3O3. The summed E-state index contributed by atoms with van der Waals surface area (Å²) in [6.07, 6.45) is 3.71. The van der Waals surface area contributed by atoms with Gasteiger partial charge in [-0.1, -0.05) is 28.1 Å². The van der Waals surface area contributed by atoms with Crippen molar-refractivity contribution >= 4 is 27.6 Å². The number of Topliss-reactive ketones (excluding diaryl/α,β-unsaturated/α-hetero) is 1. The molecule has 0 aliphatic carbocycles. The number of likely N-dealkylation sites (tertiary alicyclic amines) is 1. The van der Waals surface area contributed by atoms with Crippen LogP contribution in [-0.4, -0.2) is 53.2 Å². The van der Waals surface area contributed by atoms with Crippen molar-refractivity contribution in [3.05, 3.63) is 70.2 Å². The molecule has 0 unspecified atom stereocenters. The average Bonchev–Trinajstić information content (AvgIpc) is 3.49. The van der Waals surface area contributed by atoms with E-state index in [2.05, 4.69) is 20.9 Å². The lowest BCUT2D eigenvalue weighted by Crippen LogP contribution is -2.28. The Labute approximate surface area is 184 Å². The minimum absolute atomic E-state index is 0.0315. The number of aromatic nitrogens is 1. The zero-order chi connectivity index (χ0) is 21.1. The second-order valence-corrected chi connectivity index (χ2v) is 8.59. The van der Waals surface area contributed by atoms with Crippen molar-refractivity contribution < 1.29 is 14.0 Å². The first-order chi connectivity index (χ1) is 14.5. The number of hydrogen-bond donors (Lipinski definition) is 1. The Bertz CT molecular complexity index is 1030. The number of H-pyrrole nitrogens is 1. The lowest BCUT2D eigenvalue weighted by atomic mass is 10.2. The first kappa shape index (κ1) is 20.6. The van der Waals surface area contributed by atoms with Crippen molar-refractivity contribution in [2.24, 2.45) is 0 Å². The number of ketones is 1. The topological polar surface area (TPSA) is 69.6 Å². The molecule has 7 heteroatoms. The van der Waals surface area contributed by atoms with E-state index >= 15 is 0 Å². The maximum absolute atomic E-state index is 12.6. The molecule has 0 atom stereocenters. The number of nitrogens with zero attached hydrogens (tertiary/aromatic N) is 2. The van der Waals surface area contributed by atoms with E-state index in [1.165, 1.54) is 0 Å². The van der Waals surface area contributed by atoms with E-state index < -0.39 is 0 Å². The molecule has 1 saturated heterocycles. The highest BCUT2D eigenvalue weighted by atomic mass is 79.9. The highest BCUT2D eigenvalue weighted by molar-refractivity contribution is 9.10. The number of aromatic amines is 1. The van der Waals surface area contributed by atoms with Gasteiger partial charge in [0.15, 0.2) is 5.78 Å². The monoisotopic (exact) mass is 469 g/mol. The van der Waals surface area contributed by atoms with Gasteiger partial charge < -0.3 is 14.3 Å². The molecule has 3 heterocycles. The van der Waals surface area contributed by atoms with Crippen LogP contribution in [0.2, 0.25) is 0 Å². The smallest absolute Gasteiger partial charge is 0.270 e. The molecule has 1 aromatic carbocycles. The molecule has 3 aromatic rings. The largest absolute Gasteiger partial charge is 0.460 e. The van der Waals surface area contributed by atoms with Crippen LogP contribution >= 0.6 is 15.9 Å². The Morgan fingerprint density at radius 2 is 1.87 bits per heavy atom. The molecule has 2 aromatic heterocycles. The van der Waals surface area contributed by atoms with Crippen molar-refractivity contribution in [3.63, 3.8) is 0 Å². The van der Waals surface area contributed by atoms with Gasteiger partial charge in [-0.05, 0) is 50.2 Å². The van der Waals surface area contributed by atoms with Crippen LogP contribution in [-0.2, 0) is 6.54 Å². The highest BCUT2D eigenvalue weighted by Crippen LogP contribution is 2.24. The van der Waals surface area contributed by atoms with Gasteiger partial charge in [-0.15, -0.1) is 0 Å². The van der Waals surface area contributed by atoms with Crippen LogP contribution in [0.5, 0.6) is 0 Å². The average molecular weight is 470 g/mol. The molecule has 1 fully saturated rings. The molecule has 0 radical (unpaired) electrons. The lowest BCUT2D eigenvalue weighted by molar-refractivity contribution is 0.0787. The summed E-state index contributed by atoms with van der Waals surface area (Å²) in [5.41, 5.74) is 2.01. The molecule has 0 bridgehead atoms. The molecule has 1 amide bonds. The SMILES string of the molecule is CN(CC(=O)c1c[nH]c(C(=O)N2CCCC2)c1)Cc1ccc(-c2ccc(Br)cc2)o1. The van der Waals surface area contributed by atoms with Gasteiger partial charge in [-0.2, -0.15) is 0 Å². The summed E-state index contributed by atoms with van der Waals surface area (Å²) >= 11 is 3.43. The molecule has 1 N–H and O–H groups in total. The third kappa shape index (κ3) is 4.74. The van der Waals surface area contributed by atoms with Crippen LogP contribution in [0.15, 0.2) is 57.6 Å². The minimum atomic E-state index is -0.0334. The summed E-state index contributed by atoms with van der Waals surface area (Å²) < 4.78 is 6.96. The predicted molar refractivity (Wildman–Crippen MR) is 118 cm³/mol. The van der Waals surface area contributed by atoms with Gasteiger partial charge in [0.05, 0.1) is 13.1 Å².